The van der Waals surface area contributed by atoms with Gasteiger partial charge in [0, 0.05) is 39.5 Å². The van der Waals surface area contributed by atoms with Gasteiger partial charge in [0.2, 0.25) is 0 Å². The molecule has 2 aromatic rings. The number of hydrogen-bond donors (Lipinski definition) is 1. The van der Waals surface area contributed by atoms with Crippen molar-refractivity contribution in [3.63, 3.8) is 0 Å². The zero-order valence-corrected chi connectivity index (χ0v) is 13.2. The molecular formula is C15H17BrN2S. The molecule has 4 heteroatoms. The molecule has 1 heterocycles. The summed E-state index contributed by atoms with van der Waals surface area (Å²) in [5.74, 6) is 0.904. The standard InChI is InChI=1S/C15H17BrN2S/c1-11-2-6-15(7-3-11)19-10-13(17)8-14-5-4-12(16)9-18-14/h2-7,9,13H,8,10,17H2,1H3. The Labute approximate surface area is 126 Å². The lowest BCUT2D eigenvalue weighted by atomic mass is 10.2. The van der Waals surface area contributed by atoms with Crippen molar-refractivity contribution in [2.45, 2.75) is 24.3 Å². The molecule has 100 valence electrons. The molecule has 0 spiro atoms. The van der Waals surface area contributed by atoms with Gasteiger partial charge in [-0.25, -0.2) is 0 Å². The minimum Gasteiger partial charge on any atom is -0.327 e. The monoisotopic (exact) mass is 336 g/mol. The first-order valence-electron chi connectivity index (χ1n) is 6.19. The van der Waals surface area contributed by atoms with E-state index in [-0.39, 0.29) is 6.04 Å². The van der Waals surface area contributed by atoms with Crippen molar-refractivity contribution in [3.8, 4) is 0 Å². The second-order valence-corrected chi connectivity index (χ2v) is 6.57. The zero-order chi connectivity index (χ0) is 13.7. The van der Waals surface area contributed by atoms with Gasteiger partial charge in [0.05, 0.1) is 0 Å². The summed E-state index contributed by atoms with van der Waals surface area (Å²) in [5, 5.41) is 0. The van der Waals surface area contributed by atoms with Gasteiger partial charge in [-0.15, -0.1) is 11.8 Å². The molecule has 1 atom stereocenters. The molecule has 2 rings (SSSR count). The molecule has 2 nitrogen and oxygen atoms in total. The second-order valence-electron chi connectivity index (χ2n) is 4.56. The van der Waals surface area contributed by atoms with Crippen LogP contribution < -0.4 is 5.73 Å². The topological polar surface area (TPSA) is 38.9 Å². The molecule has 1 unspecified atom stereocenters. The van der Waals surface area contributed by atoms with Crippen molar-refractivity contribution < 1.29 is 0 Å². The lowest BCUT2D eigenvalue weighted by Gasteiger charge is -2.11. The minimum atomic E-state index is 0.125. The van der Waals surface area contributed by atoms with E-state index >= 15 is 0 Å². The van der Waals surface area contributed by atoms with Gasteiger partial charge in [-0.3, -0.25) is 4.98 Å². The van der Waals surface area contributed by atoms with Crippen LogP contribution in [0.25, 0.3) is 0 Å². The zero-order valence-electron chi connectivity index (χ0n) is 10.8. The first kappa shape index (κ1) is 14.6. The summed E-state index contributed by atoms with van der Waals surface area (Å²) in [7, 11) is 0. The third kappa shape index (κ3) is 4.97. The Hall–Kier alpha value is -0.840. The predicted octanol–water partition coefficient (Wildman–Crippen LogP) is 3.81. The van der Waals surface area contributed by atoms with Gasteiger partial charge in [-0.2, -0.15) is 0 Å². The van der Waals surface area contributed by atoms with Crippen LogP contribution in [0.2, 0.25) is 0 Å². The van der Waals surface area contributed by atoms with E-state index in [0.717, 1.165) is 22.3 Å². The van der Waals surface area contributed by atoms with Crippen LogP contribution in [0.3, 0.4) is 0 Å². The smallest absolute Gasteiger partial charge is 0.0420 e. The van der Waals surface area contributed by atoms with Crippen molar-refractivity contribution in [2.24, 2.45) is 5.73 Å². The maximum absolute atomic E-state index is 6.15. The quantitative estimate of drug-likeness (QED) is 0.843. The minimum absolute atomic E-state index is 0.125. The molecule has 0 aliphatic rings. The molecule has 0 fully saturated rings. The number of nitrogens with zero attached hydrogens (tertiary/aromatic N) is 1. The highest BCUT2D eigenvalue weighted by Crippen LogP contribution is 2.19. The van der Waals surface area contributed by atoms with Gasteiger partial charge in [-0.1, -0.05) is 17.7 Å². The Balaban J connectivity index is 1.82. The number of nitrogens with two attached hydrogens (primary N) is 1. The summed E-state index contributed by atoms with van der Waals surface area (Å²) in [6.07, 6.45) is 2.63. The molecular weight excluding hydrogens is 320 g/mol. The molecule has 0 amide bonds. The maximum Gasteiger partial charge on any atom is 0.0420 e. The Bertz CT molecular complexity index is 511. The molecule has 0 saturated carbocycles. The lowest BCUT2D eigenvalue weighted by molar-refractivity contribution is 0.731. The number of aromatic nitrogens is 1. The van der Waals surface area contributed by atoms with Gasteiger partial charge in [0.1, 0.15) is 0 Å². The average molecular weight is 337 g/mol. The first-order valence-corrected chi connectivity index (χ1v) is 7.97. The maximum atomic E-state index is 6.15. The van der Waals surface area contributed by atoms with Crippen LogP contribution in [0.5, 0.6) is 0 Å². The lowest BCUT2D eigenvalue weighted by Crippen LogP contribution is -2.25. The van der Waals surface area contributed by atoms with Crippen LogP contribution in [0.1, 0.15) is 11.3 Å². The molecule has 0 bridgehead atoms. The fourth-order valence-electron chi connectivity index (χ4n) is 1.69. The molecule has 0 saturated heterocycles. The van der Waals surface area contributed by atoms with Crippen molar-refractivity contribution >= 4 is 27.7 Å². The van der Waals surface area contributed by atoms with Crippen LogP contribution in [0, 0.1) is 6.92 Å². The number of halogens is 1. The molecule has 1 aromatic heterocycles. The number of rotatable bonds is 5. The van der Waals surface area contributed by atoms with E-state index in [1.165, 1.54) is 10.5 Å². The summed E-state index contributed by atoms with van der Waals surface area (Å²) in [6.45, 7) is 2.10. The van der Waals surface area contributed by atoms with Gasteiger partial charge in [0.15, 0.2) is 0 Å². The second kappa shape index (κ2) is 7.08. The van der Waals surface area contributed by atoms with Gasteiger partial charge < -0.3 is 5.73 Å². The van der Waals surface area contributed by atoms with Crippen LogP contribution in [0.4, 0.5) is 0 Å². The van der Waals surface area contributed by atoms with E-state index < -0.39 is 0 Å². The fourth-order valence-corrected chi connectivity index (χ4v) is 2.78. The van der Waals surface area contributed by atoms with Crippen LogP contribution in [-0.2, 0) is 6.42 Å². The fraction of sp³-hybridized carbons (Fsp3) is 0.267. The number of aryl methyl sites for hydroxylation is 1. The normalized spacial score (nSPS) is 12.4. The number of pyridine rings is 1. The number of thioether (sulfide) groups is 1. The SMILES string of the molecule is Cc1ccc(SCC(N)Cc2ccc(Br)cn2)cc1. The Morgan fingerprint density at radius 1 is 1.21 bits per heavy atom. The van der Waals surface area contributed by atoms with Crippen molar-refractivity contribution in [2.75, 3.05) is 5.75 Å². The first-order chi connectivity index (χ1) is 9.13. The van der Waals surface area contributed by atoms with E-state index in [9.17, 15) is 0 Å². The van der Waals surface area contributed by atoms with E-state index in [1.807, 2.05) is 18.3 Å². The van der Waals surface area contributed by atoms with Crippen molar-refractivity contribution in [1.82, 2.24) is 4.98 Å². The van der Waals surface area contributed by atoms with Gasteiger partial charge in [-0.05, 0) is 47.1 Å². The summed E-state index contributed by atoms with van der Waals surface area (Å²) in [6, 6.07) is 12.7. The van der Waals surface area contributed by atoms with Crippen molar-refractivity contribution in [1.29, 1.82) is 0 Å². The Kier molecular flexibility index (Phi) is 5.43. The van der Waals surface area contributed by atoms with E-state index in [0.29, 0.717) is 0 Å². The van der Waals surface area contributed by atoms with E-state index in [1.54, 1.807) is 11.8 Å². The Morgan fingerprint density at radius 3 is 2.58 bits per heavy atom. The Morgan fingerprint density at radius 2 is 1.95 bits per heavy atom. The average Bonchev–Trinajstić information content (AvgIpc) is 2.41. The molecule has 2 N–H and O–H groups in total. The molecule has 0 aliphatic carbocycles. The van der Waals surface area contributed by atoms with E-state index in [2.05, 4.69) is 52.1 Å². The summed E-state index contributed by atoms with van der Waals surface area (Å²) >= 11 is 5.18. The number of hydrogen-bond acceptors (Lipinski definition) is 3. The van der Waals surface area contributed by atoms with Crippen LogP contribution >= 0.6 is 27.7 Å². The summed E-state index contributed by atoms with van der Waals surface area (Å²) < 4.78 is 0.999. The molecule has 0 radical (unpaired) electrons. The van der Waals surface area contributed by atoms with Gasteiger partial charge >= 0.3 is 0 Å². The van der Waals surface area contributed by atoms with Crippen LogP contribution in [-0.4, -0.2) is 16.8 Å². The third-order valence-electron chi connectivity index (χ3n) is 2.75. The largest absolute Gasteiger partial charge is 0.327 e. The highest BCUT2D eigenvalue weighted by Gasteiger charge is 2.06. The third-order valence-corrected chi connectivity index (χ3v) is 4.41. The summed E-state index contributed by atoms with van der Waals surface area (Å²) in [5.41, 5.74) is 8.48. The molecule has 19 heavy (non-hydrogen) atoms. The summed E-state index contributed by atoms with van der Waals surface area (Å²) in [4.78, 5) is 5.62. The van der Waals surface area contributed by atoms with Crippen molar-refractivity contribution in [3.05, 3.63) is 58.3 Å². The predicted molar refractivity (Wildman–Crippen MR) is 85.5 cm³/mol. The highest BCUT2D eigenvalue weighted by atomic mass is 79.9. The molecule has 0 aliphatic heterocycles. The van der Waals surface area contributed by atoms with Gasteiger partial charge in [0.25, 0.3) is 0 Å². The molecule has 1 aromatic carbocycles. The van der Waals surface area contributed by atoms with E-state index in [4.69, 9.17) is 5.73 Å². The number of benzene rings is 1. The highest BCUT2D eigenvalue weighted by molar-refractivity contribution is 9.10. The van der Waals surface area contributed by atoms with Crippen LogP contribution in [0.15, 0.2) is 52.0 Å².